The molecule has 5 N–H and O–H groups in total. The number of benzene rings is 3. The minimum atomic E-state index is -2.15. The molecule has 0 fully saturated rings. The molecular weight excluding hydrogens is 588 g/mol. The highest BCUT2D eigenvalue weighted by atomic mass is 16.5. The number of esters is 2. The number of H-pyrrole nitrogens is 1. The van der Waals surface area contributed by atoms with Crippen LogP contribution in [0.2, 0.25) is 0 Å². The van der Waals surface area contributed by atoms with Gasteiger partial charge in [0, 0.05) is 11.1 Å². The van der Waals surface area contributed by atoms with E-state index in [2.05, 4.69) is 25.1 Å². The fraction of sp³-hybridized carbons (Fsp3) is 0.100. The van der Waals surface area contributed by atoms with E-state index in [9.17, 15) is 33.6 Å². The first-order chi connectivity index (χ1) is 21.5. The number of hydrogen-bond donors (Lipinski definition) is 4. The van der Waals surface area contributed by atoms with E-state index in [-0.39, 0.29) is 33.6 Å². The van der Waals surface area contributed by atoms with Crippen molar-refractivity contribution in [3.63, 3.8) is 0 Å². The number of hydrogen-bond acceptors (Lipinski definition) is 11. The Kier molecular flexibility index (Phi) is 9.53. The number of urea groups is 1. The van der Waals surface area contributed by atoms with Gasteiger partial charge in [0.25, 0.3) is 11.5 Å². The number of para-hydroxylation sites is 1. The molecule has 0 aliphatic carbocycles. The normalized spacial score (nSPS) is 11.6. The van der Waals surface area contributed by atoms with E-state index in [0.29, 0.717) is 5.56 Å². The summed E-state index contributed by atoms with van der Waals surface area (Å²) in [4.78, 5) is 96.3. The molecule has 0 saturated carbocycles. The van der Waals surface area contributed by atoms with Gasteiger partial charge in [-0.3, -0.25) is 19.2 Å². The van der Waals surface area contributed by atoms with Crippen LogP contribution in [0.4, 0.5) is 10.5 Å². The van der Waals surface area contributed by atoms with Crippen molar-refractivity contribution >= 4 is 57.9 Å². The van der Waals surface area contributed by atoms with Crippen LogP contribution in [0, 0.1) is 0 Å². The van der Waals surface area contributed by atoms with Crippen LogP contribution in [0.5, 0.6) is 0 Å². The van der Waals surface area contributed by atoms with E-state index < -0.39 is 52.5 Å². The smallest absolute Gasteiger partial charge is 0.355 e. The first kappa shape index (κ1) is 31.4. The van der Waals surface area contributed by atoms with E-state index in [0.717, 1.165) is 14.2 Å². The zero-order valence-electron chi connectivity index (χ0n) is 23.7. The summed E-state index contributed by atoms with van der Waals surface area (Å²) in [7, 11) is 2.05. The van der Waals surface area contributed by atoms with Gasteiger partial charge in [-0.05, 0) is 30.3 Å². The highest BCUT2D eigenvalue weighted by Crippen LogP contribution is 2.22. The summed E-state index contributed by atoms with van der Waals surface area (Å²) in [6, 6.07) is 16.9. The Morgan fingerprint density at radius 3 is 2.24 bits per heavy atom. The quantitative estimate of drug-likeness (QED) is 0.0662. The number of fused-ring (bicyclic) bond motifs is 1. The SMILES string of the molecule is COC(=O)/C(=N/NC(N)=O)[C@@H](C(=O)C(=O)Nc1ccccc1C(=O)OC)c1nc2ccc(C(=O)c3ccccc3)cc2[nH]c1=O. The van der Waals surface area contributed by atoms with Gasteiger partial charge in [0.05, 0.1) is 36.5 Å². The van der Waals surface area contributed by atoms with E-state index in [4.69, 9.17) is 10.5 Å². The molecule has 0 spiro atoms. The number of primary amides is 1. The largest absolute Gasteiger partial charge is 0.465 e. The number of Topliss-reactive ketones (excluding diaryl/α,β-unsaturated/α-hetero) is 1. The molecule has 4 aromatic rings. The number of anilines is 1. The van der Waals surface area contributed by atoms with Gasteiger partial charge in [-0.25, -0.2) is 24.8 Å². The Bertz CT molecular complexity index is 1940. The molecule has 4 rings (SSSR count). The Labute approximate surface area is 253 Å². The molecule has 0 bridgehead atoms. The maximum absolute atomic E-state index is 13.7. The standard InChI is InChI=1S/C30H24N6O9/c1-44-28(41)17-10-6-7-11-18(17)33-27(40)25(38)21(23(29(42)45-2)35-36-30(31)43)22-26(39)34-20-14-16(12-13-19(20)32-22)24(37)15-8-4-3-5-9-15/h3-14,21H,1-2H3,(H,33,40)(H,34,39)(H3,31,36,43)/b35-23+/t21-/m0/s1. The van der Waals surface area contributed by atoms with Crippen LogP contribution in [0.15, 0.2) is 82.7 Å². The number of nitrogens with two attached hydrogens (primary N) is 1. The number of carbonyl (C=O) groups excluding carboxylic acids is 6. The van der Waals surface area contributed by atoms with E-state index in [1.165, 1.54) is 42.5 Å². The molecular formula is C30H24N6O9. The van der Waals surface area contributed by atoms with Crippen molar-refractivity contribution in [3.8, 4) is 0 Å². The van der Waals surface area contributed by atoms with E-state index in [1.807, 2.05) is 0 Å². The van der Waals surface area contributed by atoms with Gasteiger partial charge >= 0.3 is 18.0 Å². The highest BCUT2D eigenvalue weighted by Gasteiger charge is 2.39. The molecule has 1 atom stereocenters. The predicted octanol–water partition coefficient (Wildman–Crippen LogP) is 1.43. The lowest BCUT2D eigenvalue weighted by Crippen LogP contribution is -2.41. The number of methoxy groups -OCH3 is 2. The number of rotatable bonds is 10. The second-order valence-electron chi connectivity index (χ2n) is 9.13. The zero-order valence-corrected chi connectivity index (χ0v) is 23.7. The summed E-state index contributed by atoms with van der Waals surface area (Å²) in [5.41, 5.74) is 4.79. The molecule has 1 aromatic heterocycles. The maximum atomic E-state index is 13.7. The van der Waals surface area contributed by atoms with Crippen molar-refractivity contribution in [2.75, 3.05) is 19.5 Å². The lowest BCUT2D eigenvalue weighted by Gasteiger charge is -2.17. The minimum Gasteiger partial charge on any atom is -0.465 e. The third-order valence-corrected chi connectivity index (χ3v) is 6.31. The van der Waals surface area contributed by atoms with Gasteiger partial charge in [-0.1, -0.05) is 42.5 Å². The van der Waals surface area contributed by atoms with Gasteiger partial charge in [0.1, 0.15) is 11.6 Å². The molecule has 15 nitrogen and oxygen atoms in total. The number of hydrazone groups is 1. The second-order valence-corrected chi connectivity index (χ2v) is 9.13. The first-order valence-corrected chi connectivity index (χ1v) is 12.9. The van der Waals surface area contributed by atoms with Crippen LogP contribution >= 0.6 is 0 Å². The van der Waals surface area contributed by atoms with Crippen molar-refractivity contribution in [2.45, 2.75) is 5.92 Å². The fourth-order valence-electron chi connectivity index (χ4n) is 4.21. The number of ketones is 2. The van der Waals surface area contributed by atoms with E-state index >= 15 is 0 Å². The molecule has 0 aliphatic heterocycles. The molecule has 15 heteroatoms. The van der Waals surface area contributed by atoms with Crippen LogP contribution in [0.1, 0.15) is 37.9 Å². The van der Waals surface area contributed by atoms with Crippen molar-refractivity contribution in [1.82, 2.24) is 15.4 Å². The molecule has 0 radical (unpaired) electrons. The van der Waals surface area contributed by atoms with Crippen LogP contribution in [0.3, 0.4) is 0 Å². The average molecular weight is 613 g/mol. The average Bonchev–Trinajstić information content (AvgIpc) is 3.05. The third kappa shape index (κ3) is 6.94. The number of carbonyl (C=O) groups is 6. The topological polar surface area (TPSA) is 229 Å². The molecule has 0 aliphatic rings. The number of ether oxygens (including phenoxy) is 2. The molecule has 0 unspecified atom stereocenters. The number of nitrogens with one attached hydrogen (secondary N) is 3. The summed E-state index contributed by atoms with van der Waals surface area (Å²) < 4.78 is 9.38. The molecule has 3 aromatic carbocycles. The fourth-order valence-corrected chi connectivity index (χ4v) is 4.21. The Balaban J connectivity index is 1.83. The molecule has 228 valence electrons. The van der Waals surface area contributed by atoms with Crippen molar-refractivity contribution < 1.29 is 38.2 Å². The van der Waals surface area contributed by atoms with Gasteiger partial charge in [-0.2, -0.15) is 5.10 Å². The summed E-state index contributed by atoms with van der Waals surface area (Å²) in [5, 5.41) is 5.80. The Morgan fingerprint density at radius 2 is 1.58 bits per heavy atom. The zero-order chi connectivity index (χ0) is 32.7. The minimum absolute atomic E-state index is 0.0653. The van der Waals surface area contributed by atoms with Crippen LogP contribution in [0.25, 0.3) is 11.0 Å². The molecule has 3 amide bonds. The van der Waals surface area contributed by atoms with Gasteiger partial charge in [0.2, 0.25) is 5.78 Å². The van der Waals surface area contributed by atoms with Crippen LogP contribution < -0.4 is 22.0 Å². The van der Waals surface area contributed by atoms with Crippen molar-refractivity contribution in [1.29, 1.82) is 0 Å². The summed E-state index contributed by atoms with van der Waals surface area (Å²) in [6.45, 7) is 0. The predicted molar refractivity (Wildman–Crippen MR) is 159 cm³/mol. The van der Waals surface area contributed by atoms with Gasteiger partial charge in [0.15, 0.2) is 11.5 Å². The molecule has 1 heterocycles. The number of amides is 3. The highest BCUT2D eigenvalue weighted by molar-refractivity contribution is 6.53. The third-order valence-electron chi connectivity index (χ3n) is 6.31. The maximum Gasteiger partial charge on any atom is 0.355 e. The first-order valence-electron chi connectivity index (χ1n) is 12.9. The van der Waals surface area contributed by atoms with E-state index in [1.54, 1.807) is 35.8 Å². The number of aromatic nitrogens is 2. The Hall–Kier alpha value is -6.51. The lowest BCUT2D eigenvalue weighted by atomic mass is 9.93. The summed E-state index contributed by atoms with van der Waals surface area (Å²) >= 11 is 0. The van der Waals surface area contributed by atoms with Crippen LogP contribution in [-0.2, 0) is 23.9 Å². The number of aromatic amines is 1. The second kappa shape index (κ2) is 13.6. The van der Waals surface area contributed by atoms with Crippen molar-refractivity contribution in [3.05, 3.63) is 106 Å². The lowest BCUT2D eigenvalue weighted by molar-refractivity contribution is -0.136. The van der Waals surface area contributed by atoms with Crippen LogP contribution in [-0.4, -0.2) is 65.3 Å². The van der Waals surface area contributed by atoms with Gasteiger partial charge < -0.3 is 25.5 Å². The van der Waals surface area contributed by atoms with Crippen molar-refractivity contribution in [2.24, 2.45) is 10.8 Å². The molecule has 0 saturated heterocycles. The summed E-state index contributed by atoms with van der Waals surface area (Å²) in [6.07, 6.45) is 0. The number of nitrogens with zero attached hydrogens (tertiary/aromatic N) is 2. The summed E-state index contributed by atoms with van der Waals surface area (Å²) in [5.74, 6) is -7.45. The Morgan fingerprint density at radius 1 is 0.889 bits per heavy atom. The molecule has 45 heavy (non-hydrogen) atoms. The monoisotopic (exact) mass is 612 g/mol. The van der Waals surface area contributed by atoms with Gasteiger partial charge in [-0.15, -0.1) is 0 Å².